The van der Waals surface area contributed by atoms with Gasteiger partial charge in [-0.25, -0.2) is 15.0 Å². The minimum Gasteiger partial charge on any atom is -0.455 e. The Morgan fingerprint density at radius 3 is 2.92 bits per heavy atom. The van der Waals surface area contributed by atoms with Gasteiger partial charge < -0.3 is 20.3 Å². The van der Waals surface area contributed by atoms with E-state index in [1.54, 1.807) is 4.57 Å². The molecule has 3 N–H and O–H groups in total. The average Bonchev–Trinajstić information content (AvgIpc) is 3.07. The van der Waals surface area contributed by atoms with Gasteiger partial charge in [0, 0.05) is 19.1 Å². The van der Waals surface area contributed by atoms with E-state index in [0.29, 0.717) is 23.4 Å². The summed E-state index contributed by atoms with van der Waals surface area (Å²) in [5, 5.41) is 10.5. The van der Waals surface area contributed by atoms with Crippen molar-refractivity contribution in [2.24, 2.45) is 0 Å². The monoisotopic (exact) mass is 367 g/mol. The fourth-order valence-electron chi connectivity index (χ4n) is 3.03. The first-order chi connectivity index (χ1) is 12.0. The minimum absolute atomic E-state index is 0.259. The first kappa shape index (κ1) is 17.9. The summed E-state index contributed by atoms with van der Waals surface area (Å²) >= 11 is 4.21. The van der Waals surface area contributed by atoms with E-state index in [4.69, 9.17) is 15.2 Å². The van der Waals surface area contributed by atoms with Crippen LogP contribution in [-0.4, -0.2) is 54.7 Å². The molecule has 2 aromatic rings. The summed E-state index contributed by atoms with van der Waals surface area (Å²) in [7, 11) is 0. The van der Waals surface area contributed by atoms with Crippen LogP contribution in [0.5, 0.6) is 0 Å². The maximum absolute atomic E-state index is 11.5. The summed E-state index contributed by atoms with van der Waals surface area (Å²) in [6, 6.07) is 0. The SMILES string of the molecule is CCCc1nc2c(N)ncnc2n1[C@@H]1O[C@H](CS)[C@@H](O)[C@H]1OC(C)=O. The average molecular weight is 367 g/mol. The van der Waals surface area contributed by atoms with E-state index >= 15 is 0 Å². The second kappa shape index (κ2) is 7.14. The summed E-state index contributed by atoms with van der Waals surface area (Å²) in [5.41, 5.74) is 6.85. The van der Waals surface area contributed by atoms with E-state index < -0.39 is 30.5 Å². The molecule has 4 atom stereocenters. The molecule has 0 radical (unpaired) electrons. The number of thiol groups is 1. The number of hydrogen-bond donors (Lipinski definition) is 3. The number of fused-ring (bicyclic) bond motifs is 1. The molecule has 10 heteroatoms. The highest BCUT2D eigenvalue weighted by atomic mass is 32.1. The van der Waals surface area contributed by atoms with Crippen molar-refractivity contribution >= 4 is 35.6 Å². The number of anilines is 1. The number of nitrogens with two attached hydrogens (primary N) is 1. The van der Waals surface area contributed by atoms with Gasteiger partial charge in [0.2, 0.25) is 0 Å². The second-order valence-electron chi connectivity index (χ2n) is 5.89. The number of imidazole rings is 1. The summed E-state index contributed by atoms with van der Waals surface area (Å²) in [4.78, 5) is 24.3. The topological polar surface area (TPSA) is 125 Å². The molecule has 3 heterocycles. The first-order valence-electron chi connectivity index (χ1n) is 8.06. The number of carbonyl (C=O) groups is 1. The quantitative estimate of drug-likeness (QED) is 0.515. The van der Waals surface area contributed by atoms with Crippen molar-refractivity contribution in [3.05, 3.63) is 12.2 Å². The fourth-order valence-corrected chi connectivity index (χ4v) is 3.34. The molecular weight excluding hydrogens is 346 g/mol. The number of ether oxygens (including phenoxy) is 2. The van der Waals surface area contributed by atoms with Gasteiger partial charge in [0.25, 0.3) is 0 Å². The van der Waals surface area contributed by atoms with Crippen LogP contribution >= 0.6 is 12.6 Å². The van der Waals surface area contributed by atoms with Crippen LogP contribution in [0.1, 0.15) is 32.3 Å². The van der Waals surface area contributed by atoms with Gasteiger partial charge >= 0.3 is 5.97 Å². The van der Waals surface area contributed by atoms with Gasteiger partial charge in [-0.2, -0.15) is 12.6 Å². The summed E-state index contributed by atoms with van der Waals surface area (Å²) in [5.74, 6) is 0.712. The van der Waals surface area contributed by atoms with Crippen LogP contribution in [-0.2, 0) is 20.7 Å². The van der Waals surface area contributed by atoms with Gasteiger partial charge in [0.05, 0.1) is 6.10 Å². The molecule has 25 heavy (non-hydrogen) atoms. The molecule has 0 spiro atoms. The number of nitrogen functional groups attached to an aromatic ring is 1. The number of aryl methyl sites for hydroxylation is 1. The molecule has 0 unspecified atom stereocenters. The molecule has 9 nitrogen and oxygen atoms in total. The van der Waals surface area contributed by atoms with E-state index in [2.05, 4.69) is 27.6 Å². The van der Waals surface area contributed by atoms with Crippen molar-refractivity contribution in [3.8, 4) is 0 Å². The number of aliphatic hydroxyl groups excluding tert-OH is 1. The lowest BCUT2D eigenvalue weighted by molar-refractivity contribution is -0.155. The molecule has 1 saturated heterocycles. The number of carbonyl (C=O) groups excluding carboxylic acids is 1. The first-order valence-corrected chi connectivity index (χ1v) is 8.70. The maximum Gasteiger partial charge on any atom is 0.303 e. The lowest BCUT2D eigenvalue weighted by Crippen LogP contribution is -2.36. The summed E-state index contributed by atoms with van der Waals surface area (Å²) in [6.07, 6.45) is -0.421. The van der Waals surface area contributed by atoms with Crippen LogP contribution < -0.4 is 5.73 Å². The van der Waals surface area contributed by atoms with Crippen molar-refractivity contribution in [3.63, 3.8) is 0 Å². The van der Waals surface area contributed by atoms with Crippen LogP contribution in [0.4, 0.5) is 5.82 Å². The Labute approximate surface area is 150 Å². The van der Waals surface area contributed by atoms with Crippen molar-refractivity contribution in [2.75, 3.05) is 11.5 Å². The van der Waals surface area contributed by atoms with Gasteiger partial charge in [-0.15, -0.1) is 0 Å². The van der Waals surface area contributed by atoms with Crippen molar-refractivity contribution in [1.82, 2.24) is 19.5 Å². The molecule has 1 aliphatic rings. The van der Waals surface area contributed by atoms with Crippen LogP contribution in [0.3, 0.4) is 0 Å². The second-order valence-corrected chi connectivity index (χ2v) is 6.26. The van der Waals surface area contributed by atoms with Gasteiger partial charge in [-0.3, -0.25) is 9.36 Å². The Morgan fingerprint density at radius 1 is 1.52 bits per heavy atom. The number of hydrogen-bond acceptors (Lipinski definition) is 9. The summed E-state index contributed by atoms with van der Waals surface area (Å²) in [6.45, 7) is 3.31. The largest absolute Gasteiger partial charge is 0.455 e. The Balaban J connectivity index is 2.13. The molecule has 3 rings (SSSR count). The molecular formula is C15H21N5O4S. The lowest BCUT2D eigenvalue weighted by atomic mass is 10.1. The Bertz CT molecular complexity index is 783. The molecule has 1 aliphatic heterocycles. The van der Waals surface area contributed by atoms with E-state index in [0.717, 1.165) is 6.42 Å². The van der Waals surface area contributed by atoms with E-state index in [9.17, 15) is 9.90 Å². The Kier molecular flexibility index (Phi) is 5.11. The molecule has 2 aromatic heterocycles. The normalized spacial score (nSPS) is 26.2. The Hall–Kier alpha value is -1.91. The standard InChI is InChI=1S/C15H21N5O4S/c1-3-4-9-19-10-13(16)17-6-18-14(10)20(9)15-12(23-7(2)21)11(22)8(5-25)24-15/h6,8,11-12,15,22,25H,3-5H2,1-2H3,(H2,16,17,18)/t8-,11-,12-,15-/m1/s1. The molecule has 0 bridgehead atoms. The molecule has 0 amide bonds. The van der Waals surface area contributed by atoms with Crippen LogP contribution in [0.15, 0.2) is 6.33 Å². The minimum atomic E-state index is -1.00. The number of rotatable bonds is 5. The molecule has 136 valence electrons. The van der Waals surface area contributed by atoms with Crippen LogP contribution in [0.2, 0.25) is 0 Å². The van der Waals surface area contributed by atoms with Crippen molar-refractivity contribution < 1.29 is 19.4 Å². The smallest absolute Gasteiger partial charge is 0.303 e. The lowest BCUT2D eigenvalue weighted by Gasteiger charge is -2.22. The third-order valence-electron chi connectivity index (χ3n) is 4.10. The number of nitrogens with zero attached hydrogens (tertiary/aromatic N) is 4. The van der Waals surface area contributed by atoms with Crippen LogP contribution in [0.25, 0.3) is 11.2 Å². The highest BCUT2D eigenvalue weighted by Gasteiger charge is 2.47. The fraction of sp³-hybridized carbons (Fsp3) is 0.600. The van der Waals surface area contributed by atoms with Gasteiger partial charge in [-0.05, 0) is 6.42 Å². The van der Waals surface area contributed by atoms with Gasteiger partial charge in [0.1, 0.15) is 18.3 Å². The zero-order chi connectivity index (χ0) is 18.1. The number of esters is 1. The summed E-state index contributed by atoms with van der Waals surface area (Å²) < 4.78 is 13.0. The molecule has 0 aromatic carbocycles. The van der Waals surface area contributed by atoms with Gasteiger partial charge in [0.15, 0.2) is 29.3 Å². The third kappa shape index (κ3) is 3.16. The predicted molar refractivity (Wildman–Crippen MR) is 93.1 cm³/mol. The van der Waals surface area contributed by atoms with Crippen LogP contribution in [0, 0.1) is 0 Å². The van der Waals surface area contributed by atoms with E-state index in [1.807, 2.05) is 6.92 Å². The Morgan fingerprint density at radius 2 is 2.28 bits per heavy atom. The zero-order valence-electron chi connectivity index (χ0n) is 14.0. The maximum atomic E-state index is 11.5. The van der Waals surface area contributed by atoms with Gasteiger partial charge in [-0.1, -0.05) is 6.92 Å². The number of aliphatic hydroxyl groups is 1. The predicted octanol–water partition coefficient (Wildman–Crippen LogP) is 0.481. The highest BCUT2D eigenvalue weighted by Crippen LogP contribution is 2.36. The van der Waals surface area contributed by atoms with Crippen molar-refractivity contribution in [1.29, 1.82) is 0 Å². The molecule has 0 aliphatic carbocycles. The zero-order valence-corrected chi connectivity index (χ0v) is 14.9. The van der Waals surface area contributed by atoms with Crippen molar-refractivity contribution in [2.45, 2.75) is 51.2 Å². The molecule has 0 saturated carbocycles. The highest BCUT2D eigenvalue weighted by molar-refractivity contribution is 7.80. The van der Waals surface area contributed by atoms with E-state index in [1.165, 1.54) is 13.3 Å². The third-order valence-corrected chi connectivity index (χ3v) is 4.46. The van der Waals surface area contributed by atoms with E-state index in [-0.39, 0.29) is 11.6 Å². The molecule has 1 fully saturated rings. The number of aromatic nitrogens is 4.